The Balaban J connectivity index is 2.01. The minimum atomic E-state index is -0.435. The van der Waals surface area contributed by atoms with Gasteiger partial charge < -0.3 is 9.26 Å². The predicted octanol–water partition coefficient (Wildman–Crippen LogP) is 1.90. The minimum Gasteiger partial charge on any atom is -0.479 e. The smallest absolute Gasteiger partial charge is 0.296 e. The van der Waals surface area contributed by atoms with Gasteiger partial charge in [0.15, 0.2) is 4.34 Å². The zero-order valence-electron chi connectivity index (χ0n) is 9.67. The maximum atomic E-state index is 11.7. The van der Waals surface area contributed by atoms with Crippen LogP contribution in [0.3, 0.4) is 0 Å². The van der Waals surface area contributed by atoms with Crippen LogP contribution >= 0.6 is 23.1 Å². The number of carbonyl (C=O) groups is 1. The van der Waals surface area contributed by atoms with E-state index in [0.717, 1.165) is 10.1 Å². The van der Waals surface area contributed by atoms with Crippen molar-refractivity contribution in [2.75, 3.05) is 18.2 Å². The van der Waals surface area contributed by atoms with E-state index in [-0.39, 0.29) is 11.6 Å². The standard InChI is InChI=1S/C9H10N4O3S2/c1-3-17-9-12-11-8(18-9)10-7(14)5-4-6(15-2)13-16-5/h4H,3H2,1-2H3,(H,10,11,14). The number of anilines is 1. The number of amides is 1. The van der Waals surface area contributed by atoms with Crippen LogP contribution in [0.2, 0.25) is 0 Å². The van der Waals surface area contributed by atoms with Crippen molar-refractivity contribution in [1.29, 1.82) is 0 Å². The van der Waals surface area contributed by atoms with Gasteiger partial charge in [0.25, 0.3) is 11.8 Å². The lowest BCUT2D eigenvalue weighted by atomic mass is 10.4. The highest BCUT2D eigenvalue weighted by Crippen LogP contribution is 2.25. The molecule has 2 rings (SSSR count). The Morgan fingerprint density at radius 2 is 2.44 bits per heavy atom. The Kier molecular flexibility index (Phi) is 4.15. The molecule has 0 aliphatic rings. The van der Waals surface area contributed by atoms with Crippen molar-refractivity contribution < 1.29 is 14.1 Å². The first-order valence-electron chi connectivity index (χ1n) is 5.01. The molecule has 96 valence electrons. The molecule has 0 saturated carbocycles. The monoisotopic (exact) mass is 286 g/mol. The van der Waals surface area contributed by atoms with E-state index in [1.54, 1.807) is 11.8 Å². The van der Waals surface area contributed by atoms with Crippen LogP contribution in [0.1, 0.15) is 17.5 Å². The average Bonchev–Trinajstić information content (AvgIpc) is 2.98. The molecule has 1 N–H and O–H groups in total. The van der Waals surface area contributed by atoms with Gasteiger partial charge in [-0.2, -0.15) is 0 Å². The van der Waals surface area contributed by atoms with E-state index in [0.29, 0.717) is 5.13 Å². The molecule has 0 aromatic carbocycles. The molecule has 0 aliphatic carbocycles. The topological polar surface area (TPSA) is 90.1 Å². The first kappa shape index (κ1) is 12.8. The summed E-state index contributed by atoms with van der Waals surface area (Å²) in [6.45, 7) is 2.02. The third kappa shape index (κ3) is 2.99. The number of thioether (sulfide) groups is 1. The lowest BCUT2D eigenvalue weighted by Crippen LogP contribution is -2.10. The van der Waals surface area contributed by atoms with Gasteiger partial charge in [-0.05, 0) is 10.9 Å². The molecule has 7 nitrogen and oxygen atoms in total. The summed E-state index contributed by atoms with van der Waals surface area (Å²) in [6.07, 6.45) is 0. The Morgan fingerprint density at radius 1 is 1.61 bits per heavy atom. The zero-order chi connectivity index (χ0) is 13.0. The molecule has 0 atom stereocenters. The third-order valence-corrected chi connectivity index (χ3v) is 3.67. The minimum absolute atomic E-state index is 0.0618. The quantitative estimate of drug-likeness (QED) is 0.663. The van der Waals surface area contributed by atoms with Crippen LogP contribution < -0.4 is 10.1 Å². The number of hydrogen-bond acceptors (Lipinski definition) is 8. The van der Waals surface area contributed by atoms with E-state index in [2.05, 4.69) is 20.7 Å². The number of rotatable bonds is 5. The number of methoxy groups -OCH3 is 1. The summed E-state index contributed by atoms with van der Waals surface area (Å²) in [6, 6.07) is 1.40. The summed E-state index contributed by atoms with van der Waals surface area (Å²) in [5.74, 6) is 0.781. The molecule has 0 fully saturated rings. The Morgan fingerprint density at radius 3 is 3.11 bits per heavy atom. The molecule has 0 radical (unpaired) electrons. The molecule has 0 spiro atoms. The van der Waals surface area contributed by atoms with Crippen LogP contribution in [0.25, 0.3) is 0 Å². The van der Waals surface area contributed by atoms with E-state index < -0.39 is 5.91 Å². The van der Waals surface area contributed by atoms with Crippen molar-refractivity contribution in [1.82, 2.24) is 15.4 Å². The number of hydrogen-bond donors (Lipinski definition) is 1. The van der Waals surface area contributed by atoms with Gasteiger partial charge in [-0.15, -0.1) is 10.2 Å². The lowest BCUT2D eigenvalue weighted by molar-refractivity contribution is 0.0987. The molecule has 2 aromatic heterocycles. The Bertz CT molecular complexity index is 539. The van der Waals surface area contributed by atoms with E-state index in [4.69, 9.17) is 9.26 Å². The van der Waals surface area contributed by atoms with E-state index in [1.165, 1.54) is 24.5 Å². The fraction of sp³-hybridized carbons (Fsp3) is 0.333. The maximum absolute atomic E-state index is 11.7. The summed E-state index contributed by atoms with van der Waals surface area (Å²) in [4.78, 5) is 11.7. The van der Waals surface area contributed by atoms with Crippen molar-refractivity contribution in [3.05, 3.63) is 11.8 Å². The molecule has 0 bridgehead atoms. The summed E-state index contributed by atoms with van der Waals surface area (Å²) in [5.41, 5.74) is 0. The average molecular weight is 286 g/mol. The number of ether oxygens (including phenoxy) is 1. The molecule has 18 heavy (non-hydrogen) atoms. The van der Waals surface area contributed by atoms with Crippen LogP contribution in [-0.2, 0) is 0 Å². The van der Waals surface area contributed by atoms with Crippen molar-refractivity contribution in [3.8, 4) is 5.88 Å². The van der Waals surface area contributed by atoms with Crippen LogP contribution in [-0.4, -0.2) is 34.1 Å². The van der Waals surface area contributed by atoms with E-state index in [1.807, 2.05) is 6.92 Å². The van der Waals surface area contributed by atoms with Gasteiger partial charge in [0, 0.05) is 0 Å². The highest BCUT2D eigenvalue weighted by atomic mass is 32.2. The number of nitrogens with zero attached hydrogens (tertiary/aromatic N) is 3. The summed E-state index contributed by atoms with van der Waals surface area (Å²) < 4.78 is 10.4. The van der Waals surface area contributed by atoms with E-state index in [9.17, 15) is 4.79 Å². The van der Waals surface area contributed by atoms with Crippen LogP contribution in [0.5, 0.6) is 5.88 Å². The second-order valence-electron chi connectivity index (χ2n) is 2.99. The SMILES string of the molecule is CCSc1nnc(NC(=O)c2cc(OC)no2)s1. The highest BCUT2D eigenvalue weighted by Gasteiger charge is 2.15. The zero-order valence-corrected chi connectivity index (χ0v) is 11.3. The third-order valence-electron chi connectivity index (χ3n) is 1.82. The fourth-order valence-corrected chi connectivity index (χ4v) is 2.71. The number of carbonyl (C=O) groups excluding carboxylic acids is 1. The van der Waals surface area contributed by atoms with Crippen LogP contribution in [0.4, 0.5) is 5.13 Å². The fourth-order valence-electron chi connectivity index (χ4n) is 1.06. The van der Waals surface area contributed by atoms with Gasteiger partial charge in [-0.25, -0.2) is 0 Å². The largest absolute Gasteiger partial charge is 0.479 e. The lowest BCUT2D eigenvalue weighted by Gasteiger charge is -1.94. The molecule has 9 heteroatoms. The molecule has 2 aromatic rings. The maximum Gasteiger partial charge on any atom is 0.296 e. The Hall–Kier alpha value is -1.61. The van der Waals surface area contributed by atoms with Gasteiger partial charge in [0.1, 0.15) is 0 Å². The molecule has 0 saturated heterocycles. The van der Waals surface area contributed by atoms with Crippen LogP contribution in [0.15, 0.2) is 14.9 Å². The highest BCUT2D eigenvalue weighted by molar-refractivity contribution is 8.01. The first-order chi connectivity index (χ1) is 8.72. The summed E-state index contributed by atoms with van der Waals surface area (Å²) in [5, 5.41) is 14.3. The molecular formula is C9H10N4O3S2. The van der Waals surface area contributed by atoms with Crippen molar-refractivity contribution in [2.24, 2.45) is 0 Å². The number of aromatic nitrogens is 3. The molecular weight excluding hydrogens is 276 g/mol. The van der Waals surface area contributed by atoms with Crippen LogP contribution in [0, 0.1) is 0 Å². The van der Waals surface area contributed by atoms with Crippen molar-refractivity contribution in [2.45, 2.75) is 11.3 Å². The molecule has 0 aliphatic heterocycles. The first-order valence-corrected chi connectivity index (χ1v) is 6.81. The molecule has 0 unspecified atom stereocenters. The van der Waals surface area contributed by atoms with Gasteiger partial charge in [0.2, 0.25) is 10.9 Å². The second-order valence-corrected chi connectivity index (χ2v) is 5.48. The Labute approximate surface area is 111 Å². The normalized spacial score (nSPS) is 10.3. The second kappa shape index (κ2) is 5.83. The summed E-state index contributed by atoms with van der Waals surface area (Å²) in [7, 11) is 1.44. The van der Waals surface area contributed by atoms with E-state index >= 15 is 0 Å². The van der Waals surface area contributed by atoms with Gasteiger partial charge in [-0.1, -0.05) is 30.0 Å². The number of nitrogens with one attached hydrogen (secondary N) is 1. The predicted molar refractivity (Wildman–Crippen MR) is 67.3 cm³/mol. The molecule has 2 heterocycles. The molecule has 1 amide bonds. The van der Waals surface area contributed by atoms with Crippen molar-refractivity contribution >= 4 is 34.1 Å². The van der Waals surface area contributed by atoms with Crippen molar-refractivity contribution in [3.63, 3.8) is 0 Å². The van der Waals surface area contributed by atoms with Gasteiger partial charge >= 0.3 is 0 Å². The summed E-state index contributed by atoms with van der Waals surface area (Å²) >= 11 is 2.87. The van der Waals surface area contributed by atoms with Gasteiger partial charge in [0.05, 0.1) is 13.2 Å². The van der Waals surface area contributed by atoms with Gasteiger partial charge in [-0.3, -0.25) is 10.1 Å².